The summed E-state index contributed by atoms with van der Waals surface area (Å²) in [6.45, 7) is 2.24. The SMILES string of the molecule is CCCCCC1=CNC=CS1. The van der Waals surface area contributed by atoms with E-state index in [9.17, 15) is 0 Å². The van der Waals surface area contributed by atoms with Gasteiger partial charge in [-0.1, -0.05) is 31.5 Å². The highest BCUT2D eigenvalue weighted by atomic mass is 32.2. The first-order valence-corrected chi connectivity index (χ1v) is 5.08. The van der Waals surface area contributed by atoms with Gasteiger partial charge in [0.05, 0.1) is 0 Å². The van der Waals surface area contributed by atoms with Crippen LogP contribution in [-0.4, -0.2) is 0 Å². The summed E-state index contributed by atoms with van der Waals surface area (Å²) in [6.07, 6.45) is 9.28. The third-order valence-electron chi connectivity index (χ3n) is 1.65. The molecule has 0 atom stereocenters. The molecule has 0 aromatic heterocycles. The number of thioether (sulfide) groups is 1. The van der Waals surface area contributed by atoms with Crippen LogP contribution in [0.2, 0.25) is 0 Å². The summed E-state index contributed by atoms with van der Waals surface area (Å²) in [5, 5.41) is 5.20. The zero-order valence-electron chi connectivity index (χ0n) is 6.97. The molecule has 0 saturated heterocycles. The Labute approximate surface area is 72.9 Å². The van der Waals surface area contributed by atoms with Crippen LogP contribution in [0, 0.1) is 0 Å². The summed E-state index contributed by atoms with van der Waals surface area (Å²) in [5.74, 6) is 0. The molecule has 0 saturated carbocycles. The Morgan fingerprint density at radius 2 is 2.36 bits per heavy atom. The minimum Gasteiger partial charge on any atom is -0.366 e. The molecule has 1 heterocycles. The van der Waals surface area contributed by atoms with Gasteiger partial charge in [0.15, 0.2) is 0 Å². The van der Waals surface area contributed by atoms with Crippen molar-refractivity contribution in [1.29, 1.82) is 0 Å². The minimum absolute atomic E-state index is 1.23. The molecule has 0 amide bonds. The second-order valence-corrected chi connectivity index (χ2v) is 3.69. The van der Waals surface area contributed by atoms with Gasteiger partial charge in [-0.25, -0.2) is 0 Å². The van der Waals surface area contributed by atoms with Crippen LogP contribution >= 0.6 is 11.8 Å². The van der Waals surface area contributed by atoms with Gasteiger partial charge in [-0.15, -0.1) is 0 Å². The van der Waals surface area contributed by atoms with E-state index in [2.05, 4.69) is 23.8 Å². The molecule has 0 aromatic carbocycles. The summed E-state index contributed by atoms with van der Waals surface area (Å²) >= 11 is 1.83. The third kappa shape index (κ3) is 3.51. The first-order valence-electron chi connectivity index (χ1n) is 4.20. The first kappa shape index (κ1) is 8.72. The van der Waals surface area contributed by atoms with Crippen LogP contribution in [0.15, 0.2) is 22.7 Å². The number of rotatable bonds is 4. The van der Waals surface area contributed by atoms with Crippen LogP contribution in [0.25, 0.3) is 0 Å². The van der Waals surface area contributed by atoms with Gasteiger partial charge < -0.3 is 5.32 Å². The quantitative estimate of drug-likeness (QED) is 0.648. The lowest BCUT2D eigenvalue weighted by Crippen LogP contribution is -1.97. The Morgan fingerprint density at radius 1 is 1.45 bits per heavy atom. The fraction of sp³-hybridized carbons (Fsp3) is 0.556. The molecule has 2 heteroatoms. The molecule has 0 bridgehead atoms. The lowest BCUT2D eigenvalue weighted by Gasteiger charge is -2.07. The van der Waals surface area contributed by atoms with Gasteiger partial charge in [0.25, 0.3) is 0 Å². The standard InChI is InChI=1S/C9H15NS/c1-2-3-4-5-9-8-10-6-7-11-9/h6-8,10H,2-5H2,1H3. The van der Waals surface area contributed by atoms with Gasteiger partial charge in [0.2, 0.25) is 0 Å². The van der Waals surface area contributed by atoms with Gasteiger partial charge in [0, 0.05) is 17.3 Å². The molecule has 1 aliphatic rings. The molecule has 11 heavy (non-hydrogen) atoms. The normalized spacial score (nSPS) is 15.9. The highest BCUT2D eigenvalue weighted by Crippen LogP contribution is 2.24. The van der Waals surface area contributed by atoms with E-state index in [1.165, 1.54) is 30.6 Å². The fourth-order valence-electron chi connectivity index (χ4n) is 1.02. The molecule has 1 nitrogen and oxygen atoms in total. The van der Waals surface area contributed by atoms with Gasteiger partial charge in [-0.05, 0) is 18.2 Å². The fourth-order valence-corrected chi connectivity index (χ4v) is 1.74. The predicted molar refractivity (Wildman–Crippen MR) is 52.1 cm³/mol. The average Bonchev–Trinajstić information content (AvgIpc) is 2.07. The molecule has 0 unspecified atom stereocenters. The molecule has 0 radical (unpaired) electrons. The molecule has 1 aliphatic heterocycles. The van der Waals surface area contributed by atoms with Crippen molar-refractivity contribution in [3.05, 3.63) is 22.7 Å². The maximum atomic E-state index is 3.10. The molecule has 0 spiro atoms. The largest absolute Gasteiger partial charge is 0.366 e. The number of unbranched alkanes of at least 4 members (excludes halogenated alkanes) is 2. The maximum Gasteiger partial charge on any atom is 0.0104 e. The maximum absolute atomic E-state index is 3.10. The van der Waals surface area contributed by atoms with Crippen molar-refractivity contribution >= 4 is 11.8 Å². The van der Waals surface area contributed by atoms with E-state index in [-0.39, 0.29) is 0 Å². The zero-order valence-corrected chi connectivity index (χ0v) is 7.79. The third-order valence-corrected chi connectivity index (χ3v) is 2.55. The second kappa shape index (κ2) is 5.30. The summed E-state index contributed by atoms with van der Waals surface area (Å²) in [5.41, 5.74) is 0. The van der Waals surface area contributed by atoms with Crippen molar-refractivity contribution < 1.29 is 0 Å². The van der Waals surface area contributed by atoms with Crippen LogP contribution in [0.5, 0.6) is 0 Å². The summed E-state index contributed by atoms with van der Waals surface area (Å²) < 4.78 is 0. The lowest BCUT2D eigenvalue weighted by atomic mass is 10.2. The Morgan fingerprint density at radius 3 is 3.00 bits per heavy atom. The number of allylic oxidation sites excluding steroid dienone is 1. The van der Waals surface area contributed by atoms with Crippen molar-refractivity contribution in [3.63, 3.8) is 0 Å². The molecular weight excluding hydrogens is 154 g/mol. The number of nitrogens with one attached hydrogen (secondary N) is 1. The molecule has 1 rings (SSSR count). The van der Waals surface area contributed by atoms with Crippen molar-refractivity contribution in [2.75, 3.05) is 0 Å². The van der Waals surface area contributed by atoms with E-state index in [1.807, 2.05) is 18.0 Å². The van der Waals surface area contributed by atoms with E-state index in [1.54, 1.807) is 0 Å². The van der Waals surface area contributed by atoms with Crippen LogP contribution in [-0.2, 0) is 0 Å². The Balaban J connectivity index is 2.11. The molecule has 0 fully saturated rings. The number of hydrogen-bond donors (Lipinski definition) is 1. The van der Waals surface area contributed by atoms with Crippen molar-refractivity contribution in [1.82, 2.24) is 5.32 Å². The summed E-state index contributed by atoms with van der Waals surface area (Å²) in [7, 11) is 0. The Bertz CT molecular complexity index is 161. The second-order valence-electron chi connectivity index (χ2n) is 2.66. The van der Waals surface area contributed by atoms with Gasteiger partial charge >= 0.3 is 0 Å². The highest BCUT2D eigenvalue weighted by molar-refractivity contribution is 8.05. The van der Waals surface area contributed by atoms with Gasteiger partial charge in [-0.3, -0.25) is 0 Å². The molecule has 1 N–H and O–H groups in total. The zero-order chi connectivity index (χ0) is 7.94. The molecule has 0 aromatic rings. The first-order chi connectivity index (χ1) is 5.43. The molecule has 62 valence electrons. The average molecular weight is 169 g/mol. The monoisotopic (exact) mass is 169 g/mol. The molecular formula is C9H15NS. The Kier molecular flexibility index (Phi) is 4.21. The van der Waals surface area contributed by atoms with Gasteiger partial charge in [-0.2, -0.15) is 0 Å². The summed E-state index contributed by atoms with van der Waals surface area (Å²) in [4.78, 5) is 1.46. The van der Waals surface area contributed by atoms with Crippen LogP contribution in [0.3, 0.4) is 0 Å². The van der Waals surface area contributed by atoms with E-state index in [0.29, 0.717) is 0 Å². The smallest absolute Gasteiger partial charge is 0.0104 e. The Hall–Kier alpha value is -0.370. The predicted octanol–water partition coefficient (Wildman–Crippen LogP) is 3.22. The van der Waals surface area contributed by atoms with E-state index in [0.717, 1.165) is 0 Å². The minimum atomic E-state index is 1.23. The lowest BCUT2D eigenvalue weighted by molar-refractivity contribution is 0.724. The topological polar surface area (TPSA) is 12.0 Å². The van der Waals surface area contributed by atoms with Crippen LogP contribution < -0.4 is 5.32 Å². The number of hydrogen-bond acceptors (Lipinski definition) is 2. The van der Waals surface area contributed by atoms with E-state index < -0.39 is 0 Å². The van der Waals surface area contributed by atoms with Crippen LogP contribution in [0.1, 0.15) is 32.6 Å². The van der Waals surface area contributed by atoms with Crippen molar-refractivity contribution in [2.24, 2.45) is 0 Å². The van der Waals surface area contributed by atoms with Gasteiger partial charge in [0.1, 0.15) is 0 Å². The van der Waals surface area contributed by atoms with E-state index in [4.69, 9.17) is 0 Å². The van der Waals surface area contributed by atoms with E-state index >= 15 is 0 Å². The van der Waals surface area contributed by atoms with Crippen LogP contribution in [0.4, 0.5) is 0 Å². The summed E-state index contributed by atoms with van der Waals surface area (Å²) in [6, 6.07) is 0. The molecule has 0 aliphatic carbocycles. The van der Waals surface area contributed by atoms with Crippen molar-refractivity contribution in [3.8, 4) is 0 Å². The highest BCUT2D eigenvalue weighted by Gasteiger charge is 1.97. The van der Waals surface area contributed by atoms with Crippen molar-refractivity contribution in [2.45, 2.75) is 32.6 Å².